The van der Waals surface area contributed by atoms with Crippen molar-refractivity contribution >= 4 is 17.6 Å². The van der Waals surface area contributed by atoms with Gasteiger partial charge in [-0.3, -0.25) is 9.69 Å². The van der Waals surface area contributed by atoms with Crippen LogP contribution in [0.2, 0.25) is 0 Å². The van der Waals surface area contributed by atoms with E-state index in [2.05, 4.69) is 10.6 Å². The number of hydrogen-bond acceptors (Lipinski definition) is 4. The molecule has 5 rings (SSSR count). The summed E-state index contributed by atoms with van der Waals surface area (Å²) in [5.41, 5.74) is 2.15. The smallest absolute Gasteiger partial charge is 0.325 e. The summed E-state index contributed by atoms with van der Waals surface area (Å²) in [6, 6.07) is 22.0. The van der Waals surface area contributed by atoms with Gasteiger partial charge in [0.15, 0.2) is 5.72 Å². The molecule has 168 valence electrons. The molecular weight excluding hydrogens is 418 g/mol. The number of fused-ring (bicyclic) bond motifs is 4. The highest BCUT2D eigenvalue weighted by molar-refractivity contribution is 5.99. The van der Waals surface area contributed by atoms with Crippen LogP contribution in [0.1, 0.15) is 40.9 Å². The van der Waals surface area contributed by atoms with Crippen LogP contribution in [0, 0.1) is 0 Å². The number of ether oxygens (including phenoxy) is 2. The Morgan fingerprint density at radius 3 is 2.73 bits per heavy atom. The van der Waals surface area contributed by atoms with Gasteiger partial charge in [-0.2, -0.15) is 0 Å². The summed E-state index contributed by atoms with van der Waals surface area (Å²) in [6.45, 7) is 2.29. The molecular formula is C26H25N3O4. The zero-order valence-corrected chi connectivity index (χ0v) is 18.5. The monoisotopic (exact) mass is 443 g/mol. The second-order valence-corrected chi connectivity index (χ2v) is 8.44. The average Bonchev–Trinajstić information content (AvgIpc) is 2.82. The summed E-state index contributed by atoms with van der Waals surface area (Å²) in [6.07, 6.45) is 0.601. The molecule has 0 radical (unpaired) electrons. The van der Waals surface area contributed by atoms with Gasteiger partial charge < -0.3 is 20.1 Å². The van der Waals surface area contributed by atoms with Gasteiger partial charge in [-0.05, 0) is 48.9 Å². The van der Waals surface area contributed by atoms with Crippen molar-refractivity contribution in [3.63, 3.8) is 0 Å². The fraction of sp³-hybridized carbons (Fsp3) is 0.231. The highest BCUT2D eigenvalue weighted by Crippen LogP contribution is 2.45. The first-order chi connectivity index (χ1) is 16.0. The van der Waals surface area contributed by atoms with Gasteiger partial charge >= 0.3 is 6.03 Å². The van der Waals surface area contributed by atoms with Crippen LogP contribution in [-0.2, 0) is 6.54 Å². The van der Waals surface area contributed by atoms with Crippen LogP contribution >= 0.6 is 0 Å². The molecule has 2 aliphatic heterocycles. The number of benzene rings is 3. The molecule has 0 saturated carbocycles. The van der Waals surface area contributed by atoms with Gasteiger partial charge in [0, 0.05) is 24.1 Å². The molecule has 2 bridgehead atoms. The van der Waals surface area contributed by atoms with Crippen LogP contribution in [0.25, 0.3) is 0 Å². The molecule has 3 aromatic carbocycles. The average molecular weight is 444 g/mol. The van der Waals surface area contributed by atoms with E-state index in [-0.39, 0.29) is 18.0 Å². The minimum atomic E-state index is -0.862. The van der Waals surface area contributed by atoms with E-state index in [1.807, 2.05) is 61.5 Å². The first-order valence-corrected chi connectivity index (χ1v) is 10.9. The summed E-state index contributed by atoms with van der Waals surface area (Å²) in [5.74, 6) is 1.30. The molecule has 3 amide bonds. The maximum Gasteiger partial charge on any atom is 0.325 e. The lowest BCUT2D eigenvalue weighted by Crippen LogP contribution is -2.65. The lowest BCUT2D eigenvalue weighted by molar-refractivity contribution is 0.0378. The number of anilines is 1. The van der Waals surface area contributed by atoms with Crippen LogP contribution < -0.4 is 25.0 Å². The summed E-state index contributed by atoms with van der Waals surface area (Å²) >= 11 is 0. The number of rotatable bonds is 5. The largest absolute Gasteiger partial charge is 0.497 e. The summed E-state index contributed by atoms with van der Waals surface area (Å²) in [4.78, 5) is 27.5. The lowest BCUT2D eigenvalue weighted by Gasteiger charge is -2.50. The normalized spacial score (nSPS) is 20.8. The Hall–Kier alpha value is -4.00. The fourth-order valence-corrected chi connectivity index (χ4v) is 4.53. The van der Waals surface area contributed by atoms with Gasteiger partial charge in [-0.25, -0.2) is 4.79 Å². The second kappa shape index (κ2) is 8.16. The molecule has 0 spiro atoms. The topological polar surface area (TPSA) is 79.9 Å². The predicted molar refractivity (Wildman–Crippen MR) is 124 cm³/mol. The number of hydrogen-bond donors (Lipinski definition) is 2. The van der Waals surface area contributed by atoms with Crippen molar-refractivity contribution in [1.82, 2.24) is 10.6 Å². The molecule has 33 heavy (non-hydrogen) atoms. The van der Waals surface area contributed by atoms with E-state index < -0.39 is 5.72 Å². The van der Waals surface area contributed by atoms with Crippen molar-refractivity contribution in [1.29, 1.82) is 0 Å². The van der Waals surface area contributed by atoms with Crippen LogP contribution in [0.4, 0.5) is 10.5 Å². The molecule has 7 heteroatoms. The molecule has 2 N–H and O–H groups in total. The van der Waals surface area contributed by atoms with Crippen molar-refractivity contribution in [3.8, 4) is 11.5 Å². The van der Waals surface area contributed by atoms with Crippen LogP contribution in [0.3, 0.4) is 0 Å². The predicted octanol–water partition coefficient (Wildman–Crippen LogP) is 4.39. The molecule has 2 heterocycles. The van der Waals surface area contributed by atoms with Crippen molar-refractivity contribution in [2.75, 3.05) is 12.0 Å². The van der Waals surface area contributed by atoms with E-state index in [4.69, 9.17) is 9.47 Å². The Balaban J connectivity index is 1.36. The number of carbonyl (C=O) groups excluding carboxylic acids is 2. The maximum absolute atomic E-state index is 13.1. The number of nitrogens with zero attached hydrogens (tertiary/aromatic N) is 1. The fourth-order valence-electron chi connectivity index (χ4n) is 4.53. The van der Waals surface area contributed by atoms with E-state index in [0.29, 0.717) is 24.2 Å². The number of urea groups is 1. The third kappa shape index (κ3) is 3.86. The number of methoxy groups -OCH3 is 1. The quantitative estimate of drug-likeness (QED) is 0.613. The van der Waals surface area contributed by atoms with Crippen molar-refractivity contribution < 1.29 is 19.1 Å². The minimum Gasteiger partial charge on any atom is -0.497 e. The van der Waals surface area contributed by atoms with Crippen molar-refractivity contribution in [2.24, 2.45) is 0 Å². The summed E-state index contributed by atoms with van der Waals surface area (Å²) in [7, 11) is 1.62. The van der Waals surface area contributed by atoms with Gasteiger partial charge in [-0.1, -0.05) is 36.4 Å². The second-order valence-electron chi connectivity index (χ2n) is 8.44. The number of amides is 3. The molecule has 0 aliphatic carbocycles. The van der Waals surface area contributed by atoms with Gasteiger partial charge in [0.25, 0.3) is 5.91 Å². The van der Waals surface area contributed by atoms with Gasteiger partial charge in [0.2, 0.25) is 0 Å². The molecule has 2 aliphatic rings. The van der Waals surface area contributed by atoms with E-state index in [1.165, 1.54) is 0 Å². The summed E-state index contributed by atoms with van der Waals surface area (Å²) in [5, 5.41) is 6.01. The van der Waals surface area contributed by atoms with Crippen LogP contribution in [0.5, 0.6) is 11.5 Å². The number of para-hydroxylation sites is 1. The first-order valence-electron chi connectivity index (χ1n) is 10.9. The third-order valence-corrected chi connectivity index (χ3v) is 6.16. The van der Waals surface area contributed by atoms with Gasteiger partial charge in [0.1, 0.15) is 11.5 Å². The van der Waals surface area contributed by atoms with E-state index >= 15 is 0 Å². The Bertz CT molecular complexity index is 1210. The van der Waals surface area contributed by atoms with E-state index in [0.717, 1.165) is 22.6 Å². The number of nitrogens with one attached hydrogen (secondary N) is 2. The minimum absolute atomic E-state index is 0.111. The number of carbonyl (C=O) groups is 2. The molecule has 0 aromatic heterocycles. The third-order valence-electron chi connectivity index (χ3n) is 6.16. The maximum atomic E-state index is 13.1. The molecule has 2 atom stereocenters. The van der Waals surface area contributed by atoms with Gasteiger partial charge in [-0.15, -0.1) is 0 Å². The lowest BCUT2D eigenvalue weighted by atomic mass is 9.90. The van der Waals surface area contributed by atoms with Crippen LogP contribution in [0.15, 0.2) is 72.8 Å². The molecule has 3 aromatic rings. The Labute approximate surface area is 192 Å². The van der Waals surface area contributed by atoms with Crippen molar-refractivity contribution in [3.05, 3.63) is 89.5 Å². The standard InChI is InChI=1S/C26H25N3O4/c1-26-15-22(21-8-3-4-9-23(21)33-26)28-25(31)29(26)19-7-5-6-18(14-19)24(30)27-16-17-10-12-20(32-2)13-11-17/h3-14,22H,15-16H2,1-2H3,(H,27,30)(H,28,31). The van der Waals surface area contributed by atoms with Crippen LogP contribution in [-0.4, -0.2) is 24.8 Å². The highest BCUT2D eigenvalue weighted by atomic mass is 16.5. The zero-order valence-electron chi connectivity index (χ0n) is 18.5. The molecule has 1 fully saturated rings. The van der Waals surface area contributed by atoms with E-state index in [9.17, 15) is 9.59 Å². The Kier molecular flexibility index (Phi) is 5.17. The molecule has 1 saturated heterocycles. The Morgan fingerprint density at radius 1 is 1.15 bits per heavy atom. The SMILES string of the molecule is COc1ccc(CNC(=O)c2cccc(N3C(=O)NC4CC3(C)Oc3ccccc34)c2)cc1. The molecule has 7 nitrogen and oxygen atoms in total. The van der Waals surface area contributed by atoms with Gasteiger partial charge in [0.05, 0.1) is 18.8 Å². The highest BCUT2D eigenvalue weighted by Gasteiger charge is 2.49. The molecule has 2 unspecified atom stereocenters. The zero-order chi connectivity index (χ0) is 23.0. The Morgan fingerprint density at radius 2 is 1.94 bits per heavy atom. The van der Waals surface area contributed by atoms with E-state index in [1.54, 1.807) is 30.2 Å². The van der Waals surface area contributed by atoms with Crippen molar-refractivity contribution in [2.45, 2.75) is 31.7 Å². The first kappa shape index (κ1) is 20.9. The summed E-state index contributed by atoms with van der Waals surface area (Å²) < 4.78 is 11.5.